The zero-order valence-electron chi connectivity index (χ0n) is 18.3. The first-order valence-electron chi connectivity index (χ1n) is 9.55. The van der Waals surface area contributed by atoms with Gasteiger partial charge in [0.25, 0.3) is 8.32 Å². The van der Waals surface area contributed by atoms with E-state index in [1.54, 1.807) is 0 Å². The highest BCUT2D eigenvalue weighted by molar-refractivity contribution is 6.75. The van der Waals surface area contributed by atoms with Crippen molar-refractivity contribution in [1.82, 2.24) is 0 Å². The first-order chi connectivity index (χ1) is 11.6. The standard InChI is InChI=1S/C22H36O2Si2/c1-21(2,3)25(7,8)23-18-15-17-13-11-12-14-19(17)20(16-18)24-26(9,10)22(4,5)6/h11-16H,1-10H3. The molecule has 0 fully saturated rings. The van der Waals surface area contributed by atoms with Gasteiger partial charge in [-0.2, -0.15) is 0 Å². The average Bonchev–Trinajstić information content (AvgIpc) is 2.44. The molecule has 0 saturated heterocycles. The molecule has 0 aliphatic heterocycles. The van der Waals surface area contributed by atoms with Crippen LogP contribution in [0.1, 0.15) is 41.5 Å². The molecule has 2 aromatic rings. The van der Waals surface area contributed by atoms with Gasteiger partial charge in [-0.15, -0.1) is 0 Å². The lowest BCUT2D eigenvalue weighted by Crippen LogP contribution is -2.44. The predicted octanol–water partition coefficient (Wildman–Crippen LogP) is 7.61. The maximum absolute atomic E-state index is 6.69. The molecule has 0 N–H and O–H groups in total. The molecule has 2 aromatic carbocycles. The third-order valence-electron chi connectivity index (χ3n) is 6.15. The highest BCUT2D eigenvalue weighted by Crippen LogP contribution is 2.42. The van der Waals surface area contributed by atoms with Crippen molar-refractivity contribution in [2.24, 2.45) is 0 Å². The van der Waals surface area contributed by atoms with Gasteiger partial charge in [-0.25, -0.2) is 0 Å². The number of rotatable bonds is 4. The summed E-state index contributed by atoms with van der Waals surface area (Å²) in [6.07, 6.45) is 0. The van der Waals surface area contributed by atoms with E-state index in [-0.39, 0.29) is 10.1 Å². The molecular formula is C22H36O2Si2. The van der Waals surface area contributed by atoms with Crippen molar-refractivity contribution < 1.29 is 8.85 Å². The first-order valence-corrected chi connectivity index (χ1v) is 15.4. The van der Waals surface area contributed by atoms with Crippen molar-refractivity contribution in [3.8, 4) is 11.5 Å². The molecule has 0 bridgehead atoms. The molecule has 26 heavy (non-hydrogen) atoms. The predicted molar refractivity (Wildman–Crippen MR) is 120 cm³/mol. The lowest BCUT2D eigenvalue weighted by atomic mass is 10.1. The third-order valence-corrected chi connectivity index (χ3v) is 14.8. The zero-order chi connectivity index (χ0) is 20.0. The van der Waals surface area contributed by atoms with Crippen LogP contribution in [0.4, 0.5) is 0 Å². The van der Waals surface area contributed by atoms with Crippen LogP contribution in [0.5, 0.6) is 11.5 Å². The molecule has 4 heteroatoms. The molecule has 0 aliphatic rings. The Labute approximate surface area is 162 Å². The Kier molecular flexibility index (Phi) is 5.44. The molecule has 0 amide bonds. The second-order valence-corrected chi connectivity index (χ2v) is 19.8. The van der Waals surface area contributed by atoms with E-state index in [0.717, 1.165) is 11.5 Å². The van der Waals surface area contributed by atoms with Gasteiger partial charge in [-0.1, -0.05) is 65.8 Å². The van der Waals surface area contributed by atoms with Gasteiger partial charge in [0.1, 0.15) is 11.5 Å². The number of hydrogen-bond donors (Lipinski definition) is 0. The second-order valence-electron chi connectivity index (χ2n) is 10.4. The van der Waals surface area contributed by atoms with Gasteiger partial charge in [0.05, 0.1) is 0 Å². The van der Waals surface area contributed by atoms with Crippen LogP contribution in [0, 0.1) is 0 Å². The van der Waals surface area contributed by atoms with Crippen molar-refractivity contribution >= 4 is 27.4 Å². The van der Waals surface area contributed by atoms with E-state index >= 15 is 0 Å². The summed E-state index contributed by atoms with van der Waals surface area (Å²) < 4.78 is 13.3. The van der Waals surface area contributed by atoms with Crippen molar-refractivity contribution in [3.05, 3.63) is 36.4 Å². The Morgan fingerprint density at radius 2 is 1.19 bits per heavy atom. The summed E-state index contributed by atoms with van der Waals surface area (Å²) in [6, 6.07) is 12.7. The molecule has 0 saturated carbocycles. The van der Waals surface area contributed by atoms with Crippen molar-refractivity contribution in [2.45, 2.75) is 77.8 Å². The smallest absolute Gasteiger partial charge is 0.250 e. The summed E-state index contributed by atoms with van der Waals surface area (Å²) >= 11 is 0. The topological polar surface area (TPSA) is 18.5 Å². The minimum Gasteiger partial charge on any atom is -0.543 e. The molecule has 2 rings (SSSR count). The second kappa shape index (κ2) is 6.72. The fourth-order valence-corrected chi connectivity index (χ4v) is 4.31. The van der Waals surface area contributed by atoms with Crippen LogP contribution in [-0.4, -0.2) is 16.6 Å². The van der Waals surface area contributed by atoms with Crippen LogP contribution in [0.3, 0.4) is 0 Å². The van der Waals surface area contributed by atoms with Crippen molar-refractivity contribution in [3.63, 3.8) is 0 Å². The van der Waals surface area contributed by atoms with Crippen LogP contribution in [0.2, 0.25) is 36.3 Å². The molecule has 144 valence electrons. The van der Waals surface area contributed by atoms with Crippen molar-refractivity contribution in [1.29, 1.82) is 0 Å². The summed E-state index contributed by atoms with van der Waals surface area (Å²) in [7, 11) is -3.82. The third kappa shape index (κ3) is 4.34. The molecule has 0 radical (unpaired) electrons. The number of fused-ring (bicyclic) bond motifs is 1. The molecule has 2 nitrogen and oxygen atoms in total. The van der Waals surface area contributed by atoms with E-state index in [2.05, 4.69) is 104 Å². The average molecular weight is 389 g/mol. The van der Waals surface area contributed by atoms with Gasteiger partial charge in [0, 0.05) is 11.5 Å². The van der Waals surface area contributed by atoms with Crippen LogP contribution in [0.15, 0.2) is 36.4 Å². The maximum Gasteiger partial charge on any atom is 0.250 e. The largest absolute Gasteiger partial charge is 0.543 e. The Bertz CT molecular complexity index is 781. The van der Waals surface area contributed by atoms with Gasteiger partial charge < -0.3 is 8.85 Å². The van der Waals surface area contributed by atoms with Gasteiger partial charge in [-0.3, -0.25) is 0 Å². The van der Waals surface area contributed by atoms with Gasteiger partial charge in [-0.05, 0) is 47.7 Å². The normalized spacial score (nSPS) is 13.8. The lowest BCUT2D eigenvalue weighted by Gasteiger charge is -2.38. The fourth-order valence-electron chi connectivity index (χ4n) is 2.27. The molecule has 0 aliphatic carbocycles. The van der Waals surface area contributed by atoms with Crippen molar-refractivity contribution in [2.75, 3.05) is 0 Å². The summed E-state index contributed by atoms with van der Waals surface area (Å²) in [5.41, 5.74) is 0. The Morgan fingerprint density at radius 1 is 0.692 bits per heavy atom. The van der Waals surface area contributed by atoms with Crippen LogP contribution >= 0.6 is 0 Å². The Hall–Kier alpha value is -1.27. The molecular weight excluding hydrogens is 352 g/mol. The minimum absolute atomic E-state index is 0.157. The maximum atomic E-state index is 6.69. The zero-order valence-corrected chi connectivity index (χ0v) is 20.3. The Morgan fingerprint density at radius 3 is 1.73 bits per heavy atom. The summed E-state index contributed by atoms with van der Waals surface area (Å²) in [5, 5.41) is 2.67. The summed E-state index contributed by atoms with van der Waals surface area (Å²) in [4.78, 5) is 0. The van der Waals surface area contributed by atoms with Gasteiger partial charge in [0.2, 0.25) is 8.32 Å². The molecule has 0 atom stereocenters. The molecule has 0 unspecified atom stereocenters. The molecule has 0 heterocycles. The molecule has 0 spiro atoms. The lowest BCUT2D eigenvalue weighted by molar-refractivity contribution is 0.478. The van der Waals surface area contributed by atoms with E-state index in [4.69, 9.17) is 8.85 Å². The number of benzene rings is 2. The van der Waals surface area contributed by atoms with Crippen LogP contribution in [-0.2, 0) is 0 Å². The first kappa shape index (κ1) is 21.0. The van der Waals surface area contributed by atoms with E-state index in [1.165, 1.54) is 10.8 Å². The monoisotopic (exact) mass is 388 g/mol. The van der Waals surface area contributed by atoms with Gasteiger partial charge >= 0.3 is 0 Å². The summed E-state index contributed by atoms with van der Waals surface area (Å²) in [5.74, 6) is 1.90. The van der Waals surface area contributed by atoms with E-state index < -0.39 is 16.6 Å². The van der Waals surface area contributed by atoms with E-state index in [0.29, 0.717) is 0 Å². The summed E-state index contributed by atoms with van der Waals surface area (Å²) in [6.45, 7) is 22.8. The minimum atomic E-state index is -1.93. The molecule has 0 aromatic heterocycles. The van der Waals surface area contributed by atoms with E-state index in [9.17, 15) is 0 Å². The number of hydrogen-bond acceptors (Lipinski definition) is 2. The highest BCUT2D eigenvalue weighted by Gasteiger charge is 2.40. The quantitative estimate of drug-likeness (QED) is 0.502. The van der Waals surface area contributed by atoms with Crippen LogP contribution < -0.4 is 8.85 Å². The highest BCUT2D eigenvalue weighted by atomic mass is 28.4. The van der Waals surface area contributed by atoms with E-state index in [1.807, 2.05) is 0 Å². The van der Waals surface area contributed by atoms with Crippen LogP contribution in [0.25, 0.3) is 10.8 Å². The fraction of sp³-hybridized carbons (Fsp3) is 0.545. The Balaban J connectivity index is 2.53. The van der Waals surface area contributed by atoms with Gasteiger partial charge in [0.15, 0.2) is 0 Å². The SMILES string of the molecule is CC(C)(C)[Si](C)(C)Oc1cc(O[Si](C)(C)C(C)(C)C)c2ccccc2c1.